The van der Waals surface area contributed by atoms with Gasteiger partial charge in [0.1, 0.15) is 0 Å². The molecule has 1 atom stereocenters. The molecule has 0 saturated carbocycles. The Labute approximate surface area is 109 Å². The maximum absolute atomic E-state index is 6.29. The van der Waals surface area contributed by atoms with Crippen molar-refractivity contribution >= 4 is 0 Å². The minimum atomic E-state index is -0.0693. The van der Waals surface area contributed by atoms with Gasteiger partial charge in [0, 0.05) is 12.4 Å². The van der Waals surface area contributed by atoms with E-state index in [0.717, 1.165) is 12.0 Å². The van der Waals surface area contributed by atoms with E-state index in [0.29, 0.717) is 5.92 Å². The van der Waals surface area contributed by atoms with E-state index in [1.807, 2.05) is 12.1 Å². The molecule has 2 aromatic rings. The number of benzene rings is 1. The molecule has 0 radical (unpaired) electrons. The molecule has 1 aromatic heterocycles. The summed E-state index contributed by atoms with van der Waals surface area (Å²) < 4.78 is 0. The van der Waals surface area contributed by atoms with Crippen molar-refractivity contribution in [3.05, 3.63) is 65.5 Å². The molecule has 0 spiro atoms. The molecule has 2 heteroatoms. The molecule has 1 aromatic carbocycles. The number of nitrogens with two attached hydrogens (primary N) is 1. The molecule has 1 unspecified atom stereocenters. The first-order valence-corrected chi connectivity index (χ1v) is 6.41. The average molecular weight is 240 g/mol. The lowest BCUT2D eigenvalue weighted by Crippen LogP contribution is -2.12. The van der Waals surface area contributed by atoms with Crippen molar-refractivity contribution in [3.8, 4) is 0 Å². The Balaban J connectivity index is 2.23. The summed E-state index contributed by atoms with van der Waals surface area (Å²) in [5, 5.41) is 0. The van der Waals surface area contributed by atoms with Gasteiger partial charge in [-0.2, -0.15) is 0 Å². The number of nitrogens with zero attached hydrogens (tertiary/aromatic N) is 1. The smallest absolute Gasteiger partial charge is 0.0552 e. The van der Waals surface area contributed by atoms with Crippen molar-refractivity contribution in [1.29, 1.82) is 0 Å². The predicted octanol–water partition coefficient (Wildman–Crippen LogP) is 3.33. The fourth-order valence-electron chi connectivity index (χ4n) is 2.15. The van der Waals surface area contributed by atoms with Gasteiger partial charge < -0.3 is 5.73 Å². The number of hydrogen-bond acceptors (Lipinski definition) is 2. The second-order valence-electron chi connectivity index (χ2n) is 5.10. The van der Waals surface area contributed by atoms with E-state index < -0.39 is 0 Å². The maximum atomic E-state index is 6.29. The molecule has 94 valence electrons. The van der Waals surface area contributed by atoms with Gasteiger partial charge in [0.2, 0.25) is 0 Å². The number of hydrogen-bond donors (Lipinski definition) is 1. The normalized spacial score (nSPS) is 12.7. The summed E-state index contributed by atoms with van der Waals surface area (Å²) in [6, 6.07) is 12.4. The number of rotatable bonds is 4. The Morgan fingerprint density at radius 1 is 1.06 bits per heavy atom. The first-order chi connectivity index (χ1) is 8.66. The van der Waals surface area contributed by atoms with Gasteiger partial charge in [-0.15, -0.1) is 0 Å². The first-order valence-electron chi connectivity index (χ1n) is 6.41. The van der Waals surface area contributed by atoms with Crippen LogP contribution in [0.25, 0.3) is 0 Å². The molecule has 1 heterocycles. The standard InChI is InChI=1S/C16H20N2/c1-12(2)10-13-4-3-5-15(11-13)16(17)14-6-8-18-9-7-14/h3-9,11-12,16H,10,17H2,1-2H3. The van der Waals surface area contributed by atoms with Gasteiger partial charge in [-0.3, -0.25) is 4.98 Å². The molecule has 0 bridgehead atoms. The third-order valence-corrected chi connectivity index (χ3v) is 3.02. The summed E-state index contributed by atoms with van der Waals surface area (Å²) in [6.07, 6.45) is 4.66. The molecule has 0 amide bonds. The van der Waals surface area contributed by atoms with E-state index in [1.54, 1.807) is 12.4 Å². The van der Waals surface area contributed by atoms with E-state index in [1.165, 1.54) is 11.1 Å². The van der Waals surface area contributed by atoms with Crippen LogP contribution >= 0.6 is 0 Å². The highest BCUT2D eigenvalue weighted by atomic mass is 14.7. The topological polar surface area (TPSA) is 38.9 Å². The second kappa shape index (κ2) is 5.78. The van der Waals surface area contributed by atoms with Gasteiger partial charge in [0.15, 0.2) is 0 Å². The Morgan fingerprint density at radius 2 is 1.78 bits per heavy atom. The second-order valence-corrected chi connectivity index (χ2v) is 5.10. The van der Waals surface area contributed by atoms with Crippen molar-refractivity contribution in [2.45, 2.75) is 26.3 Å². The van der Waals surface area contributed by atoms with Crippen LogP contribution < -0.4 is 5.73 Å². The summed E-state index contributed by atoms with van der Waals surface area (Å²) in [4.78, 5) is 4.02. The molecular formula is C16H20N2. The van der Waals surface area contributed by atoms with Crippen molar-refractivity contribution in [3.63, 3.8) is 0 Å². The van der Waals surface area contributed by atoms with Crippen LogP contribution in [-0.4, -0.2) is 4.98 Å². The minimum absolute atomic E-state index is 0.0693. The van der Waals surface area contributed by atoms with Crippen molar-refractivity contribution in [1.82, 2.24) is 4.98 Å². The third-order valence-electron chi connectivity index (χ3n) is 3.02. The third kappa shape index (κ3) is 3.17. The van der Waals surface area contributed by atoms with Crippen LogP contribution in [0.4, 0.5) is 0 Å². The molecule has 2 nitrogen and oxygen atoms in total. The Morgan fingerprint density at radius 3 is 2.44 bits per heavy atom. The first kappa shape index (κ1) is 12.8. The molecule has 2 N–H and O–H groups in total. The van der Waals surface area contributed by atoms with E-state index in [9.17, 15) is 0 Å². The highest BCUT2D eigenvalue weighted by Gasteiger charge is 2.09. The van der Waals surface area contributed by atoms with Crippen LogP contribution in [0, 0.1) is 5.92 Å². The zero-order valence-corrected chi connectivity index (χ0v) is 11.0. The van der Waals surface area contributed by atoms with Crippen molar-refractivity contribution < 1.29 is 0 Å². The van der Waals surface area contributed by atoms with Crippen LogP contribution in [0.1, 0.15) is 36.6 Å². The average Bonchev–Trinajstić information content (AvgIpc) is 2.38. The highest BCUT2D eigenvalue weighted by molar-refractivity contribution is 5.33. The van der Waals surface area contributed by atoms with E-state index >= 15 is 0 Å². The number of aromatic nitrogens is 1. The molecule has 0 aliphatic heterocycles. The Bertz CT molecular complexity index is 491. The van der Waals surface area contributed by atoms with Gasteiger partial charge in [0.25, 0.3) is 0 Å². The van der Waals surface area contributed by atoms with E-state index in [4.69, 9.17) is 5.73 Å². The Kier molecular flexibility index (Phi) is 4.11. The lowest BCUT2D eigenvalue weighted by atomic mass is 9.96. The van der Waals surface area contributed by atoms with Crippen molar-refractivity contribution in [2.24, 2.45) is 11.7 Å². The largest absolute Gasteiger partial charge is 0.320 e. The highest BCUT2D eigenvalue weighted by Crippen LogP contribution is 2.20. The summed E-state index contributed by atoms with van der Waals surface area (Å²) in [5.41, 5.74) is 9.91. The van der Waals surface area contributed by atoms with Crippen molar-refractivity contribution in [2.75, 3.05) is 0 Å². The minimum Gasteiger partial charge on any atom is -0.320 e. The molecular weight excluding hydrogens is 220 g/mol. The monoisotopic (exact) mass is 240 g/mol. The zero-order valence-electron chi connectivity index (χ0n) is 11.0. The maximum Gasteiger partial charge on any atom is 0.0552 e. The SMILES string of the molecule is CC(C)Cc1cccc(C(N)c2ccncc2)c1. The molecule has 0 fully saturated rings. The van der Waals surface area contributed by atoms with Crippen LogP contribution in [0.2, 0.25) is 0 Å². The Hall–Kier alpha value is -1.67. The van der Waals surface area contributed by atoms with Crippen LogP contribution in [0.15, 0.2) is 48.8 Å². The van der Waals surface area contributed by atoms with Gasteiger partial charge in [-0.25, -0.2) is 0 Å². The molecule has 0 aliphatic rings. The van der Waals surface area contributed by atoms with E-state index in [-0.39, 0.29) is 6.04 Å². The molecule has 0 saturated heterocycles. The van der Waals surface area contributed by atoms with Crippen LogP contribution in [0.3, 0.4) is 0 Å². The number of pyridine rings is 1. The molecule has 0 aliphatic carbocycles. The summed E-state index contributed by atoms with van der Waals surface area (Å²) in [7, 11) is 0. The van der Waals surface area contributed by atoms with Gasteiger partial charge in [0.05, 0.1) is 6.04 Å². The van der Waals surface area contributed by atoms with Crippen LogP contribution in [-0.2, 0) is 6.42 Å². The fraction of sp³-hybridized carbons (Fsp3) is 0.312. The summed E-state index contributed by atoms with van der Waals surface area (Å²) in [5.74, 6) is 0.664. The predicted molar refractivity (Wildman–Crippen MR) is 75.3 cm³/mol. The quantitative estimate of drug-likeness (QED) is 0.890. The fourth-order valence-corrected chi connectivity index (χ4v) is 2.15. The van der Waals surface area contributed by atoms with E-state index in [2.05, 4.69) is 43.1 Å². The lowest BCUT2D eigenvalue weighted by molar-refractivity contribution is 0.646. The van der Waals surface area contributed by atoms with Gasteiger partial charge >= 0.3 is 0 Å². The summed E-state index contributed by atoms with van der Waals surface area (Å²) in [6.45, 7) is 4.46. The summed E-state index contributed by atoms with van der Waals surface area (Å²) >= 11 is 0. The van der Waals surface area contributed by atoms with Gasteiger partial charge in [-0.1, -0.05) is 38.1 Å². The molecule has 2 rings (SSSR count). The molecule has 18 heavy (non-hydrogen) atoms. The van der Waals surface area contributed by atoms with Crippen LogP contribution in [0.5, 0.6) is 0 Å². The zero-order chi connectivity index (χ0) is 13.0. The van der Waals surface area contributed by atoms with Gasteiger partial charge in [-0.05, 0) is 41.2 Å². The lowest BCUT2D eigenvalue weighted by Gasteiger charge is -2.14.